The molecule has 1 aromatic rings. The maximum atomic E-state index is 11.7. The number of carbonyl (C=O) groups is 1. The van der Waals surface area contributed by atoms with Crippen LogP contribution in [0.15, 0.2) is 22.7 Å². The fourth-order valence-electron chi connectivity index (χ4n) is 1.71. The van der Waals surface area contributed by atoms with Gasteiger partial charge in [-0.15, -0.1) is 0 Å². The van der Waals surface area contributed by atoms with Gasteiger partial charge in [-0.25, -0.2) is 4.79 Å². The second-order valence-corrected chi connectivity index (χ2v) is 4.88. The highest BCUT2D eigenvalue weighted by molar-refractivity contribution is 9.10. The molecule has 0 aromatic heterocycles. The number of rotatable bonds is 2. The first-order chi connectivity index (χ1) is 8.69. The molecule has 1 atom stereocenters. The van der Waals surface area contributed by atoms with Gasteiger partial charge in [-0.1, -0.05) is 15.9 Å². The van der Waals surface area contributed by atoms with Gasteiger partial charge in [0.2, 0.25) is 0 Å². The van der Waals surface area contributed by atoms with E-state index in [0.717, 1.165) is 10.9 Å². The number of urea groups is 1. The van der Waals surface area contributed by atoms with Crippen LogP contribution in [-0.2, 0) is 4.74 Å². The summed E-state index contributed by atoms with van der Waals surface area (Å²) in [6, 6.07) is 6.89. The Bertz CT molecular complexity index is 493. The largest absolute Gasteiger partial charge is 0.379 e. The third-order valence-electron chi connectivity index (χ3n) is 2.62. The highest BCUT2D eigenvalue weighted by Gasteiger charge is 2.18. The van der Waals surface area contributed by atoms with E-state index in [1.807, 2.05) is 6.07 Å². The number of carbonyl (C=O) groups excluding carboxylic acids is 1. The molecule has 1 fully saturated rings. The van der Waals surface area contributed by atoms with Gasteiger partial charge >= 0.3 is 6.03 Å². The van der Waals surface area contributed by atoms with E-state index in [1.54, 1.807) is 18.2 Å². The third-order valence-corrected chi connectivity index (χ3v) is 3.11. The number of hydrogen-bond acceptors (Lipinski definition) is 3. The minimum absolute atomic E-state index is 0.0472. The van der Waals surface area contributed by atoms with Gasteiger partial charge in [-0.2, -0.15) is 5.26 Å². The van der Waals surface area contributed by atoms with Gasteiger partial charge < -0.3 is 15.4 Å². The normalized spacial score (nSPS) is 18.1. The molecular weight excluding hydrogens is 298 g/mol. The maximum Gasteiger partial charge on any atom is 0.319 e. The van der Waals surface area contributed by atoms with Crippen LogP contribution < -0.4 is 10.6 Å². The number of nitriles is 1. The van der Waals surface area contributed by atoms with E-state index in [9.17, 15) is 4.79 Å². The molecule has 1 aromatic carbocycles. The standard InChI is InChI=1S/C12H12BrN3O2/c13-9-1-2-11(8(5-9)6-14)16-12(17)15-10-3-4-18-7-10/h1-2,5,10H,3-4,7H2,(H2,15,16,17). The lowest BCUT2D eigenvalue weighted by Gasteiger charge is -2.12. The molecule has 2 amide bonds. The Hall–Kier alpha value is -1.58. The fourth-order valence-corrected chi connectivity index (χ4v) is 2.07. The minimum Gasteiger partial charge on any atom is -0.379 e. The average Bonchev–Trinajstić information content (AvgIpc) is 2.84. The van der Waals surface area contributed by atoms with Crippen LogP contribution >= 0.6 is 15.9 Å². The molecule has 18 heavy (non-hydrogen) atoms. The van der Waals surface area contributed by atoms with Gasteiger partial charge in [-0.3, -0.25) is 0 Å². The molecule has 0 radical (unpaired) electrons. The van der Waals surface area contributed by atoms with Crippen LogP contribution in [0, 0.1) is 11.3 Å². The molecule has 0 bridgehead atoms. The van der Waals surface area contributed by atoms with Crippen LogP contribution in [0.2, 0.25) is 0 Å². The van der Waals surface area contributed by atoms with Crippen molar-refractivity contribution in [1.82, 2.24) is 5.32 Å². The summed E-state index contributed by atoms with van der Waals surface area (Å²) in [6.07, 6.45) is 0.818. The van der Waals surface area contributed by atoms with Crippen LogP contribution in [0.3, 0.4) is 0 Å². The van der Waals surface area contributed by atoms with Crippen molar-refractivity contribution in [2.45, 2.75) is 12.5 Å². The Morgan fingerprint density at radius 2 is 2.39 bits per heavy atom. The molecule has 1 saturated heterocycles. The number of nitrogens with zero attached hydrogens (tertiary/aromatic N) is 1. The van der Waals surface area contributed by atoms with Crippen LogP contribution in [0.1, 0.15) is 12.0 Å². The molecule has 1 aliphatic rings. The molecule has 94 valence electrons. The van der Waals surface area contributed by atoms with E-state index in [2.05, 4.69) is 26.6 Å². The summed E-state index contributed by atoms with van der Waals surface area (Å²) in [7, 11) is 0. The van der Waals surface area contributed by atoms with Gasteiger partial charge in [0.1, 0.15) is 6.07 Å². The van der Waals surface area contributed by atoms with Gasteiger partial charge in [0.05, 0.1) is 23.9 Å². The van der Waals surface area contributed by atoms with Gasteiger partial charge in [0.25, 0.3) is 0 Å². The number of halogens is 1. The first-order valence-electron chi connectivity index (χ1n) is 5.54. The van der Waals surface area contributed by atoms with Crippen molar-refractivity contribution in [3.63, 3.8) is 0 Å². The zero-order valence-corrected chi connectivity index (χ0v) is 11.2. The Kier molecular flexibility index (Phi) is 4.18. The smallest absolute Gasteiger partial charge is 0.319 e. The highest BCUT2D eigenvalue weighted by Crippen LogP contribution is 2.20. The molecule has 2 N–H and O–H groups in total. The third kappa shape index (κ3) is 3.22. The lowest BCUT2D eigenvalue weighted by molar-refractivity contribution is 0.189. The fraction of sp³-hybridized carbons (Fsp3) is 0.333. The van der Waals surface area contributed by atoms with E-state index in [4.69, 9.17) is 10.00 Å². The van der Waals surface area contributed by atoms with Gasteiger partial charge in [0.15, 0.2) is 0 Å². The molecule has 0 aliphatic carbocycles. The predicted octanol–water partition coefficient (Wildman–Crippen LogP) is 2.23. The molecule has 1 heterocycles. The summed E-state index contributed by atoms with van der Waals surface area (Å²) in [5, 5.41) is 14.4. The molecule has 5 nitrogen and oxygen atoms in total. The second-order valence-electron chi connectivity index (χ2n) is 3.96. The van der Waals surface area contributed by atoms with E-state index < -0.39 is 0 Å². The van der Waals surface area contributed by atoms with Crippen molar-refractivity contribution in [3.05, 3.63) is 28.2 Å². The van der Waals surface area contributed by atoms with Crippen LogP contribution in [0.5, 0.6) is 0 Å². The lowest BCUT2D eigenvalue weighted by Crippen LogP contribution is -2.38. The zero-order chi connectivity index (χ0) is 13.0. The number of benzene rings is 1. The number of ether oxygens (including phenoxy) is 1. The Balaban J connectivity index is 2.00. The van der Waals surface area contributed by atoms with Crippen molar-refractivity contribution in [2.24, 2.45) is 0 Å². The molecule has 6 heteroatoms. The second kappa shape index (κ2) is 5.85. The Labute approximate surface area is 113 Å². The number of nitrogens with one attached hydrogen (secondary N) is 2. The van der Waals surface area contributed by atoms with E-state index >= 15 is 0 Å². The van der Waals surface area contributed by atoms with Crippen molar-refractivity contribution in [2.75, 3.05) is 18.5 Å². The topological polar surface area (TPSA) is 74.2 Å². The predicted molar refractivity (Wildman–Crippen MR) is 70.2 cm³/mol. The molecule has 2 rings (SSSR count). The van der Waals surface area contributed by atoms with Gasteiger partial charge in [0, 0.05) is 11.1 Å². The first-order valence-corrected chi connectivity index (χ1v) is 6.33. The summed E-state index contributed by atoms with van der Waals surface area (Å²) in [6.45, 7) is 1.21. The molecule has 1 aliphatic heterocycles. The maximum absolute atomic E-state index is 11.7. The Morgan fingerprint density at radius 3 is 3.06 bits per heavy atom. The minimum atomic E-state index is -0.315. The highest BCUT2D eigenvalue weighted by atomic mass is 79.9. The summed E-state index contributed by atoms with van der Waals surface area (Å²) >= 11 is 3.28. The summed E-state index contributed by atoms with van der Waals surface area (Å²) in [4.78, 5) is 11.7. The van der Waals surface area contributed by atoms with Crippen molar-refractivity contribution in [3.8, 4) is 6.07 Å². The van der Waals surface area contributed by atoms with Crippen LogP contribution in [0.25, 0.3) is 0 Å². The quantitative estimate of drug-likeness (QED) is 0.879. The lowest BCUT2D eigenvalue weighted by atomic mass is 10.2. The first kappa shape index (κ1) is 12.9. The molecule has 0 spiro atoms. The van der Waals surface area contributed by atoms with E-state index in [-0.39, 0.29) is 12.1 Å². The number of amides is 2. The van der Waals surface area contributed by atoms with Crippen molar-refractivity contribution >= 4 is 27.6 Å². The summed E-state index contributed by atoms with van der Waals surface area (Å²) in [5.41, 5.74) is 0.916. The summed E-state index contributed by atoms with van der Waals surface area (Å²) in [5.74, 6) is 0. The molecular formula is C12H12BrN3O2. The monoisotopic (exact) mass is 309 g/mol. The van der Waals surface area contributed by atoms with Crippen LogP contribution in [0.4, 0.5) is 10.5 Å². The summed E-state index contributed by atoms with van der Waals surface area (Å²) < 4.78 is 5.97. The van der Waals surface area contributed by atoms with Gasteiger partial charge in [-0.05, 0) is 24.6 Å². The SMILES string of the molecule is N#Cc1cc(Br)ccc1NC(=O)NC1CCOC1. The van der Waals surface area contributed by atoms with Crippen molar-refractivity contribution in [1.29, 1.82) is 5.26 Å². The zero-order valence-electron chi connectivity index (χ0n) is 9.57. The van der Waals surface area contributed by atoms with E-state index in [0.29, 0.717) is 24.5 Å². The average molecular weight is 310 g/mol. The Morgan fingerprint density at radius 1 is 1.56 bits per heavy atom. The number of anilines is 1. The molecule has 0 saturated carbocycles. The molecule has 1 unspecified atom stereocenters. The number of hydrogen-bond donors (Lipinski definition) is 2. The van der Waals surface area contributed by atoms with Crippen LogP contribution in [-0.4, -0.2) is 25.3 Å². The van der Waals surface area contributed by atoms with Crippen molar-refractivity contribution < 1.29 is 9.53 Å². The van der Waals surface area contributed by atoms with E-state index in [1.165, 1.54) is 0 Å².